The van der Waals surface area contributed by atoms with Crippen molar-refractivity contribution in [3.8, 4) is 5.75 Å². The summed E-state index contributed by atoms with van der Waals surface area (Å²) in [6, 6.07) is 12.3. The molecule has 2 heterocycles. The first-order chi connectivity index (χ1) is 16.7. The minimum absolute atomic E-state index is 0.0431. The van der Waals surface area contributed by atoms with Crippen LogP contribution in [0.5, 0.6) is 5.75 Å². The lowest BCUT2D eigenvalue weighted by atomic mass is 9.67. The summed E-state index contributed by atoms with van der Waals surface area (Å²) in [5, 5.41) is 2.86. The molecule has 35 heavy (non-hydrogen) atoms. The summed E-state index contributed by atoms with van der Waals surface area (Å²) in [5.41, 5.74) is 0.887. The first kappa shape index (κ1) is 24.7. The van der Waals surface area contributed by atoms with Crippen LogP contribution in [0.4, 0.5) is 4.79 Å². The second-order valence-corrected chi connectivity index (χ2v) is 10.5. The van der Waals surface area contributed by atoms with Crippen LogP contribution in [-0.2, 0) is 27.5 Å². The number of imide groups is 1. The maximum Gasteiger partial charge on any atom is 0.326 e. The van der Waals surface area contributed by atoms with Crippen LogP contribution in [0, 0.1) is 11.3 Å². The predicted molar refractivity (Wildman–Crippen MR) is 129 cm³/mol. The van der Waals surface area contributed by atoms with Crippen LogP contribution >= 0.6 is 0 Å². The molecule has 186 valence electrons. The van der Waals surface area contributed by atoms with E-state index in [1.807, 2.05) is 18.2 Å². The smallest absolute Gasteiger partial charge is 0.326 e. The third kappa shape index (κ3) is 5.81. The lowest BCUT2D eigenvalue weighted by Gasteiger charge is -2.40. The number of pyridine rings is 1. The molecule has 0 radical (unpaired) electrons. The molecule has 0 unspecified atom stereocenters. The molecule has 8 heteroatoms. The van der Waals surface area contributed by atoms with Gasteiger partial charge >= 0.3 is 12.0 Å². The second-order valence-electron chi connectivity index (χ2n) is 10.5. The van der Waals surface area contributed by atoms with Crippen molar-refractivity contribution in [3.05, 3.63) is 59.9 Å². The quantitative estimate of drug-likeness (QED) is 0.471. The Morgan fingerprint density at radius 3 is 2.43 bits per heavy atom. The number of nitrogens with one attached hydrogen (secondary N) is 1. The molecule has 3 amide bonds. The van der Waals surface area contributed by atoms with Crippen LogP contribution in [0.1, 0.15) is 57.7 Å². The Morgan fingerprint density at radius 1 is 1.09 bits per heavy atom. The Bertz CT molecular complexity index is 1050. The molecular formula is C27H33N3O5. The zero-order valence-corrected chi connectivity index (χ0v) is 20.6. The van der Waals surface area contributed by atoms with E-state index in [4.69, 9.17) is 9.47 Å². The minimum atomic E-state index is -0.885. The molecule has 2 aromatic rings. The monoisotopic (exact) mass is 479 g/mol. The number of nitrogens with zero attached hydrogens (tertiary/aromatic N) is 2. The number of aromatic nitrogens is 1. The number of amides is 3. The van der Waals surface area contributed by atoms with Crippen molar-refractivity contribution in [2.75, 3.05) is 6.54 Å². The van der Waals surface area contributed by atoms with E-state index in [0.717, 1.165) is 29.0 Å². The fourth-order valence-electron chi connectivity index (χ4n) is 4.80. The summed E-state index contributed by atoms with van der Waals surface area (Å²) in [5.74, 6) is 0.241. The van der Waals surface area contributed by atoms with Gasteiger partial charge in [-0.3, -0.25) is 19.5 Å². The van der Waals surface area contributed by atoms with E-state index in [2.05, 4.69) is 31.1 Å². The summed E-state index contributed by atoms with van der Waals surface area (Å²) < 4.78 is 11.0. The summed E-state index contributed by atoms with van der Waals surface area (Å²) in [7, 11) is 0. The molecule has 1 aromatic carbocycles. The maximum atomic E-state index is 13.1. The number of rotatable bonds is 7. The predicted octanol–water partition coefficient (Wildman–Crippen LogP) is 4.23. The molecule has 2 aliphatic rings. The number of carbonyl (C=O) groups excluding carboxylic acids is 3. The van der Waals surface area contributed by atoms with Crippen LogP contribution in [0.3, 0.4) is 0 Å². The lowest BCUT2D eigenvalue weighted by Crippen LogP contribution is -2.50. The number of hydrogen-bond acceptors (Lipinski definition) is 6. The van der Waals surface area contributed by atoms with E-state index in [9.17, 15) is 14.4 Å². The van der Waals surface area contributed by atoms with Gasteiger partial charge in [0.25, 0.3) is 5.91 Å². The normalized spacial score (nSPS) is 22.3. The van der Waals surface area contributed by atoms with Gasteiger partial charge in [0, 0.05) is 6.20 Å². The summed E-state index contributed by atoms with van der Waals surface area (Å²) in [4.78, 5) is 43.2. The van der Waals surface area contributed by atoms with E-state index < -0.39 is 17.5 Å². The van der Waals surface area contributed by atoms with Crippen molar-refractivity contribution >= 4 is 17.9 Å². The molecule has 1 aliphatic heterocycles. The van der Waals surface area contributed by atoms with Gasteiger partial charge in [-0.05, 0) is 66.8 Å². The van der Waals surface area contributed by atoms with Crippen LogP contribution in [0.15, 0.2) is 48.7 Å². The molecule has 8 nitrogen and oxygen atoms in total. The third-order valence-electron chi connectivity index (χ3n) is 7.03. The second kappa shape index (κ2) is 10.1. The fourth-order valence-corrected chi connectivity index (χ4v) is 4.80. The Hall–Kier alpha value is -3.42. The highest BCUT2D eigenvalue weighted by molar-refractivity contribution is 6.08. The van der Waals surface area contributed by atoms with Gasteiger partial charge in [0.1, 0.15) is 31.0 Å². The van der Waals surface area contributed by atoms with E-state index in [1.165, 1.54) is 0 Å². The van der Waals surface area contributed by atoms with Crippen LogP contribution in [0.2, 0.25) is 0 Å². The van der Waals surface area contributed by atoms with Crippen LogP contribution in [-0.4, -0.2) is 39.9 Å². The van der Waals surface area contributed by atoms with Gasteiger partial charge < -0.3 is 14.8 Å². The van der Waals surface area contributed by atoms with Crippen molar-refractivity contribution in [2.24, 2.45) is 11.3 Å². The van der Waals surface area contributed by atoms with Gasteiger partial charge in [-0.2, -0.15) is 0 Å². The number of urea groups is 1. The minimum Gasteiger partial charge on any atom is -0.487 e. The van der Waals surface area contributed by atoms with E-state index >= 15 is 0 Å². The highest BCUT2D eigenvalue weighted by Gasteiger charge is 2.53. The van der Waals surface area contributed by atoms with Gasteiger partial charge in [-0.15, -0.1) is 0 Å². The molecule has 1 N–H and O–H groups in total. The lowest BCUT2D eigenvalue weighted by molar-refractivity contribution is -0.149. The zero-order chi connectivity index (χ0) is 25.1. The van der Waals surface area contributed by atoms with Gasteiger partial charge in [-0.25, -0.2) is 4.79 Å². The van der Waals surface area contributed by atoms with Crippen molar-refractivity contribution < 1.29 is 23.9 Å². The van der Waals surface area contributed by atoms with E-state index in [1.54, 1.807) is 30.5 Å². The number of esters is 1. The first-order valence-corrected chi connectivity index (χ1v) is 12.1. The van der Waals surface area contributed by atoms with Crippen LogP contribution < -0.4 is 10.1 Å². The molecular weight excluding hydrogens is 446 g/mol. The van der Waals surface area contributed by atoms with Gasteiger partial charge in [-0.1, -0.05) is 39.0 Å². The SMILES string of the molecule is CC(C)(C)C1CCC2(CC1)NC(=O)N(CC(=O)OCc1ccc(OCc3ccccn3)cc1)C2=O. The Balaban J connectivity index is 1.25. The van der Waals surface area contributed by atoms with Gasteiger partial charge in [0.2, 0.25) is 0 Å². The molecule has 0 atom stereocenters. The number of ether oxygens (including phenoxy) is 2. The molecule has 2 fully saturated rings. The Kier molecular flexibility index (Phi) is 7.10. The molecule has 1 aromatic heterocycles. The molecule has 1 aliphatic carbocycles. The van der Waals surface area contributed by atoms with Crippen LogP contribution in [0.25, 0.3) is 0 Å². The summed E-state index contributed by atoms with van der Waals surface area (Å²) in [6.45, 7) is 6.63. The molecule has 0 bridgehead atoms. The maximum absolute atomic E-state index is 13.1. The number of carbonyl (C=O) groups is 3. The van der Waals surface area contributed by atoms with Gasteiger partial charge in [0.15, 0.2) is 0 Å². The third-order valence-corrected chi connectivity index (χ3v) is 7.03. The highest BCUT2D eigenvalue weighted by Crippen LogP contribution is 2.43. The molecule has 1 saturated carbocycles. The first-order valence-electron chi connectivity index (χ1n) is 12.1. The van der Waals surface area contributed by atoms with Crippen molar-refractivity contribution in [1.29, 1.82) is 0 Å². The number of benzene rings is 1. The highest BCUT2D eigenvalue weighted by atomic mass is 16.5. The summed E-state index contributed by atoms with van der Waals surface area (Å²) >= 11 is 0. The van der Waals surface area contributed by atoms with Gasteiger partial charge in [0.05, 0.1) is 5.69 Å². The Labute approximate surface area is 206 Å². The topological polar surface area (TPSA) is 97.8 Å². The van der Waals surface area contributed by atoms with Crippen molar-refractivity contribution in [3.63, 3.8) is 0 Å². The average Bonchev–Trinajstić information content (AvgIpc) is 3.06. The van der Waals surface area contributed by atoms with E-state index in [0.29, 0.717) is 31.1 Å². The fraction of sp³-hybridized carbons (Fsp3) is 0.481. The molecule has 1 spiro atoms. The Morgan fingerprint density at radius 2 is 1.80 bits per heavy atom. The average molecular weight is 480 g/mol. The zero-order valence-electron chi connectivity index (χ0n) is 20.6. The standard InChI is InChI=1S/C27H33N3O5/c1-26(2,3)20-11-13-27(14-12-20)24(32)30(25(33)29-27)16-23(31)35-17-19-7-9-22(10-8-19)34-18-21-6-4-5-15-28-21/h4-10,15,20H,11-14,16-18H2,1-3H3,(H,29,33). The van der Waals surface area contributed by atoms with Crippen molar-refractivity contribution in [2.45, 2.75) is 65.2 Å². The number of hydrogen-bond donors (Lipinski definition) is 1. The van der Waals surface area contributed by atoms with Crippen molar-refractivity contribution in [1.82, 2.24) is 15.2 Å². The largest absolute Gasteiger partial charge is 0.487 e. The summed E-state index contributed by atoms with van der Waals surface area (Å²) in [6.07, 6.45) is 4.65. The molecule has 1 saturated heterocycles. The van der Waals surface area contributed by atoms with E-state index in [-0.39, 0.29) is 24.5 Å². The molecule has 4 rings (SSSR count).